The van der Waals surface area contributed by atoms with Crippen molar-refractivity contribution in [3.63, 3.8) is 0 Å². The summed E-state index contributed by atoms with van der Waals surface area (Å²) < 4.78 is 26.8. The van der Waals surface area contributed by atoms with E-state index in [9.17, 15) is 13.2 Å². The van der Waals surface area contributed by atoms with E-state index in [0.29, 0.717) is 21.7 Å². The van der Waals surface area contributed by atoms with Crippen LogP contribution in [0.2, 0.25) is 5.02 Å². The second kappa shape index (κ2) is 7.81. The third-order valence-electron chi connectivity index (χ3n) is 4.56. The molecule has 9 heteroatoms. The van der Waals surface area contributed by atoms with Gasteiger partial charge in [-0.3, -0.25) is 4.79 Å². The Labute approximate surface area is 177 Å². The van der Waals surface area contributed by atoms with E-state index in [1.54, 1.807) is 42.5 Å². The van der Waals surface area contributed by atoms with Gasteiger partial charge in [0.15, 0.2) is 0 Å². The first-order valence-corrected chi connectivity index (χ1v) is 10.8. The van der Waals surface area contributed by atoms with Crippen LogP contribution in [0, 0.1) is 0 Å². The molecule has 0 aliphatic heterocycles. The molecule has 2 heterocycles. The number of nitrogens with zero attached hydrogens (tertiary/aromatic N) is 1. The van der Waals surface area contributed by atoms with Crippen LogP contribution in [-0.4, -0.2) is 24.3 Å². The number of nitrogens with one attached hydrogen (secondary N) is 2. The summed E-state index contributed by atoms with van der Waals surface area (Å²) in [6, 6.07) is 16.1. The van der Waals surface area contributed by atoms with Gasteiger partial charge in [-0.25, -0.2) is 13.4 Å². The maximum Gasteiger partial charge on any atom is 0.269 e. The molecule has 2 aromatic heterocycles. The first-order valence-electron chi connectivity index (χ1n) is 8.96. The van der Waals surface area contributed by atoms with Crippen molar-refractivity contribution in [3.8, 4) is 0 Å². The number of sulfone groups is 1. The summed E-state index contributed by atoms with van der Waals surface area (Å²) in [5.74, 6) is -0.235. The van der Waals surface area contributed by atoms with Crippen molar-refractivity contribution >= 4 is 44.1 Å². The Morgan fingerprint density at radius 3 is 2.60 bits per heavy atom. The number of aromatic nitrogens is 2. The predicted molar refractivity (Wildman–Crippen MR) is 115 cm³/mol. The highest BCUT2D eigenvalue weighted by Gasteiger charge is 2.29. The van der Waals surface area contributed by atoms with Gasteiger partial charge in [0, 0.05) is 28.7 Å². The standard InChI is InChI=1S/C21H17ClN4O3S/c22-14-6-7-17-16(11-14)20(30(28,29)15-4-2-1-3-5-15)19(26-17)21(27)25-12-13-8-9-24-18(23)10-13/h1-11,26H,12H2,(H2,23,24)(H,25,27). The highest BCUT2D eigenvalue weighted by atomic mass is 35.5. The van der Waals surface area contributed by atoms with Crippen LogP contribution in [0.15, 0.2) is 76.7 Å². The summed E-state index contributed by atoms with van der Waals surface area (Å²) in [6.07, 6.45) is 1.53. The molecule has 0 aliphatic carbocycles. The Morgan fingerprint density at radius 1 is 1.10 bits per heavy atom. The summed E-state index contributed by atoms with van der Waals surface area (Å²) in [4.78, 5) is 19.8. The molecular weight excluding hydrogens is 424 g/mol. The molecule has 0 aliphatic rings. The Morgan fingerprint density at radius 2 is 1.87 bits per heavy atom. The molecule has 0 saturated heterocycles. The largest absolute Gasteiger partial charge is 0.384 e. The molecule has 4 N–H and O–H groups in total. The topological polar surface area (TPSA) is 118 Å². The van der Waals surface area contributed by atoms with Crippen LogP contribution in [0.5, 0.6) is 0 Å². The first kappa shape index (κ1) is 19.9. The lowest BCUT2D eigenvalue weighted by molar-refractivity contribution is 0.0943. The fraction of sp³-hybridized carbons (Fsp3) is 0.0476. The molecule has 0 unspecified atom stereocenters. The molecule has 0 atom stereocenters. The zero-order valence-electron chi connectivity index (χ0n) is 15.6. The number of carbonyl (C=O) groups is 1. The van der Waals surface area contributed by atoms with Gasteiger partial charge in [-0.1, -0.05) is 29.8 Å². The maximum atomic E-state index is 13.4. The number of halogens is 1. The molecule has 4 rings (SSSR count). The molecule has 2 aromatic carbocycles. The van der Waals surface area contributed by atoms with E-state index in [2.05, 4.69) is 15.3 Å². The number of fused-ring (bicyclic) bond motifs is 1. The molecule has 0 saturated carbocycles. The van der Waals surface area contributed by atoms with Crippen LogP contribution in [0.1, 0.15) is 16.1 Å². The summed E-state index contributed by atoms with van der Waals surface area (Å²) in [6.45, 7) is 0.159. The lowest BCUT2D eigenvalue weighted by Gasteiger charge is -2.09. The van der Waals surface area contributed by atoms with E-state index >= 15 is 0 Å². The number of rotatable bonds is 5. The molecule has 0 spiro atoms. The highest BCUT2D eigenvalue weighted by molar-refractivity contribution is 7.91. The number of pyridine rings is 1. The minimum absolute atomic E-state index is 0.0573. The summed E-state index contributed by atoms with van der Waals surface area (Å²) >= 11 is 6.10. The molecule has 7 nitrogen and oxygen atoms in total. The third kappa shape index (κ3) is 3.74. The molecule has 1 amide bonds. The Balaban J connectivity index is 1.80. The average Bonchev–Trinajstić information content (AvgIpc) is 3.12. The fourth-order valence-electron chi connectivity index (χ4n) is 3.17. The summed E-state index contributed by atoms with van der Waals surface area (Å²) in [5.41, 5.74) is 6.84. The van der Waals surface area contributed by atoms with E-state index in [-0.39, 0.29) is 22.0 Å². The average molecular weight is 441 g/mol. The SMILES string of the molecule is Nc1cc(CNC(=O)c2[nH]c3ccc(Cl)cc3c2S(=O)(=O)c2ccccc2)ccn1. The maximum absolute atomic E-state index is 13.4. The van der Waals surface area contributed by atoms with Gasteiger partial charge in [0.25, 0.3) is 5.91 Å². The minimum Gasteiger partial charge on any atom is -0.384 e. The molecule has 0 radical (unpaired) electrons. The highest BCUT2D eigenvalue weighted by Crippen LogP contribution is 2.33. The lowest BCUT2D eigenvalue weighted by atomic mass is 10.2. The Kier molecular flexibility index (Phi) is 5.19. The zero-order chi connectivity index (χ0) is 21.3. The predicted octanol–water partition coefficient (Wildman–Crippen LogP) is 3.56. The van der Waals surface area contributed by atoms with Crippen LogP contribution in [0.25, 0.3) is 10.9 Å². The summed E-state index contributed by atoms with van der Waals surface area (Å²) in [7, 11) is -3.99. The number of hydrogen-bond donors (Lipinski definition) is 3. The molecule has 30 heavy (non-hydrogen) atoms. The van der Waals surface area contributed by atoms with Gasteiger partial charge in [-0.2, -0.15) is 0 Å². The number of hydrogen-bond acceptors (Lipinski definition) is 5. The van der Waals surface area contributed by atoms with Crippen LogP contribution in [-0.2, 0) is 16.4 Å². The van der Waals surface area contributed by atoms with Crippen molar-refractivity contribution in [2.75, 3.05) is 5.73 Å². The van der Waals surface area contributed by atoms with Gasteiger partial charge in [0.05, 0.1) is 4.90 Å². The smallest absolute Gasteiger partial charge is 0.269 e. The lowest BCUT2D eigenvalue weighted by Crippen LogP contribution is -2.25. The molecule has 0 fully saturated rings. The fourth-order valence-corrected chi connectivity index (χ4v) is 4.97. The number of H-pyrrole nitrogens is 1. The summed E-state index contributed by atoms with van der Waals surface area (Å²) in [5, 5.41) is 3.45. The quantitative estimate of drug-likeness (QED) is 0.438. The normalized spacial score (nSPS) is 11.5. The third-order valence-corrected chi connectivity index (χ3v) is 6.65. The number of nitrogens with two attached hydrogens (primary N) is 1. The molecule has 152 valence electrons. The Bertz CT molecular complexity index is 1350. The zero-order valence-corrected chi connectivity index (χ0v) is 17.2. The van der Waals surface area contributed by atoms with Crippen LogP contribution in [0.3, 0.4) is 0 Å². The van der Waals surface area contributed by atoms with Gasteiger partial charge in [0.2, 0.25) is 9.84 Å². The second-order valence-corrected chi connectivity index (χ2v) is 8.93. The molecular formula is C21H17ClN4O3S. The van der Waals surface area contributed by atoms with E-state index in [4.69, 9.17) is 17.3 Å². The first-order chi connectivity index (χ1) is 14.4. The second-order valence-electron chi connectivity index (χ2n) is 6.61. The number of aromatic amines is 1. The van der Waals surface area contributed by atoms with Gasteiger partial charge >= 0.3 is 0 Å². The van der Waals surface area contributed by atoms with E-state index in [1.165, 1.54) is 24.4 Å². The Hall–Kier alpha value is -3.36. The number of amides is 1. The van der Waals surface area contributed by atoms with E-state index < -0.39 is 15.7 Å². The van der Waals surface area contributed by atoms with Crippen LogP contribution >= 0.6 is 11.6 Å². The van der Waals surface area contributed by atoms with Crippen molar-refractivity contribution in [2.45, 2.75) is 16.3 Å². The number of carbonyl (C=O) groups excluding carboxylic acids is 1. The monoisotopic (exact) mass is 440 g/mol. The van der Waals surface area contributed by atoms with Gasteiger partial charge in [0.1, 0.15) is 16.4 Å². The minimum atomic E-state index is -3.99. The van der Waals surface area contributed by atoms with Crippen molar-refractivity contribution in [1.29, 1.82) is 0 Å². The van der Waals surface area contributed by atoms with Gasteiger partial charge < -0.3 is 16.0 Å². The van der Waals surface area contributed by atoms with Crippen molar-refractivity contribution in [3.05, 3.63) is 83.1 Å². The van der Waals surface area contributed by atoms with E-state index in [0.717, 1.165) is 5.56 Å². The van der Waals surface area contributed by atoms with Gasteiger partial charge in [-0.05, 0) is 48.0 Å². The van der Waals surface area contributed by atoms with Crippen LogP contribution in [0.4, 0.5) is 5.82 Å². The molecule has 4 aromatic rings. The van der Waals surface area contributed by atoms with Gasteiger partial charge in [-0.15, -0.1) is 0 Å². The van der Waals surface area contributed by atoms with Crippen molar-refractivity contribution in [1.82, 2.24) is 15.3 Å². The van der Waals surface area contributed by atoms with Crippen molar-refractivity contribution in [2.24, 2.45) is 0 Å². The van der Waals surface area contributed by atoms with Crippen molar-refractivity contribution < 1.29 is 13.2 Å². The number of benzene rings is 2. The van der Waals surface area contributed by atoms with E-state index in [1.807, 2.05) is 0 Å². The van der Waals surface area contributed by atoms with Crippen LogP contribution < -0.4 is 11.1 Å². The molecule has 0 bridgehead atoms. The number of nitrogen functional groups attached to an aromatic ring is 1. The number of anilines is 1.